The molecular weight excluding hydrogens is 262 g/mol. The highest BCUT2D eigenvalue weighted by atomic mass is 16.5. The minimum absolute atomic E-state index is 0.0385. The number of ether oxygens (including phenoxy) is 1. The molecule has 1 atom stereocenters. The molecule has 2 rings (SSSR count). The molecular formula is C17H19N3O. The van der Waals surface area contributed by atoms with E-state index in [2.05, 4.69) is 11.1 Å². The van der Waals surface area contributed by atoms with Gasteiger partial charge in [0.2, 0.25) is 0 Å². The summed E-state index contributed by atoms with van der Waals surface area (Å²) in [5, 5.41) is 8.78. The Balaban J connectivity index is 2.10. The van der Waals surface area contributed by atoms with E-state index in [4.69, 9.17) is 15.7 Å². The summed E-state index contributed by atoms with van der Waals surface area (Å²) in [6.07, 6.45) is 0.685. The van der Waals surface area contributed by atoms with E-state index in [-0.39, 0.29) is 6.04 Å². The quantitative estimate of drug-likeness (QED) is 0.914. The molecule has 108 valence electrons. The van der Waals surface area contributed by atoms with E-state index < -0.39 is 0 Å². The van der Waals surface area contributed by atoms with Gasteiger partial charge in [-0.1, -0.05) is 12.1 Å². The Labute approximate surface area is 125 Å². The van der Waals surface area contributed by atoms with Gasteiger partial charge in [-0.25, -0.2) is 0 Å². The van der Waals surface area contributed by atoms with E-state index in [9.17, 15) is 0 Å². The molecule has 0 aliphatic rings. The molecule has 1 heterocycles. The first-order chi connectivity index (χ1) is 10.1. The van der Waals surface area contributed by atoms with E-state index in [1.165, 1.54) is 0 Å². The van der Waals surface area contributed by atoms with Gasteiger partial charge < -0.3 is 10.5 Å². The van der Waals surface area contributed by atoms with Gasteiger partial charge >= 0.3 is 0 Å². The number of hydrogen-bond acceptors (Lipinski definition) is 4. The van der Waals surface area contributed by atoms with Crippen LogP contribution >= 0.6 is 0 Å². The number of pyridine rings is 1. The molecule has 0 spiro atoms. The third-order valence-corrected chi connectivity index (χ3v) is 3.06. The van der Waals surface area contributed by atoms with E-state index >= 15 is 0 Å². The standard InChI is InChI=1S/C17H19N3O/c1-12(19)9-16-17(8-3-13(2)20-16)21-11-15-6-4-14(10-18)5-7-15/h3-8,12H,9,11,19H2,1-2H3. The normalized spacial score (nSPS) is 11.7. The van der Waals surface area contributed by atoms with Crippen LogP contribution < -0.4 is 10.5 Å². The minimum Gasteiger partial charge on any atom is -0.487 e. The second-order valence-electron chi connectivity index (χ2n) is 5.18. The maximum absolute atomic E-state index is 8.78. The minimum atomic E-state index is 0.0385. The first-order valence-electron chi connectivity index (χ1n) is 6.92. The first kappa shape index (κ1) is 15.0. The van der Waals surface area contributed by atoms with E-state index in [1.807, 2.05) is 38.1 Å². The van der Waals surface area contributed by atoms with Crippen molar-refractivity contribution in [1.82, 2.24) is 4.98 Å². The molecule has 0 saturated carbocycles. The van der Waals surface area contributed by atoms with Crippen LogP contribution in [0.25, 0.3) is 0 Å². The summed E-state index contributed by atoms with van der Waals surface area (Å²) in [6, 6.07) is 13.4. The summed E-state index contributed by atoms with van der Waals surface area (Å²) in [6.45, 7) is 4.35. The van der Waals surface area contributed by atoms with Crippen molar-refractivity contribution in [2.45, 2.75) is 32.9 Å². The Kier molecular flexibility index (Phi) is 4.91. The number of nitrogens with two attached hydrogens (primary N) is 1. The molecule has 0 aliphatic carbocycles. The van der Waals surface area contributed by atoms with Crippen molar-refractivity contribution < 1.29 is 4.74 Å². The number of nitriles is 1. The van der Waals surface area contributed by atoms with Crippen LogP contribution in [0.15, 0.2) is 36.4 Å². The van der Waals surface area contributed by atoms with Crippen LogP contribution in [0.2, 0.25) is 0 Å². The zero-order valence-corrected chi connectivity index (χ0v) is 12.3. The van der Waals surface area contributed by atoms with Gasteiger partial charge in [0.05, 0.1) is 17.3 Å². The van der Waals surface area contributed by atoms with Crippen molar-refractivity contribution in [1.29, 1.82) is 5.26 Å². The fourth-order valence-electron chi connectivity index (χ4n) is 2.02. The average Bonchev–Trinajstić information content (AvgIpc) is 2.46. The Hall–Kier alpha value is -2.38. The SMILES string of the molecule is Cc1ccc(OCc2ccc(C#N)cc2)c(CC(C)N)n1. The molecule has 21 heavy (non-hydrogen) atoms. The lowest BCUT2D eigenvalue weighted by molar-refractivity contribution is 0.300. The Morgan fingerprint density at radius 2 is 1.95 bits per heavy atom. The van der Waals surface area contributed by atoms with Gasteiger partial charge in [-0.15, -0.1) is 0 Å². The number of benzene rings is 1. The van der Waals surface area contributed by atoms with E-state index in [0.717, 1.165) is 22.7 Å². The molecule has 0 aliphatic heterocycles. The van der Waals surface area contributed by atoms with Crippen molar-refractivity contribution in [2.24, 2.45) is 5.73 Å². The predicted molar refractivity (Wildman–Crippen MR) is 81.8 cm³/mol. The molecule has 1 aromatic heterocycles. The highest BCUT2D eigenvalue weighted by molar-refractivity contribution is 5.33. The molecule has 2 aromatic rings. The van der Waals surface area contributed by atoms with Crippen molar-refractivity contribution in [3.8, 4) is 11.8 Å². The van der Waals surface area contributed by atoms with Crippen LogP contribution in [0.3, 0.4) is 0 Å². The lowest BCUT2D eigenvalue weighted by Crippen LogP contribution is -2.19. The third-order valence-electron chi connectivity index (χ3n) is 3.06. The number of nitrogens with zero attached hydrogens (tertiary/aromatic N) is 2. The smallest absolute Gasteiger partial charge is 0.141 e. The summed E-state index contributed by atoms with van der Waals surface area (Å²) in [7, 11) is 0. The average molecular weight is 281 g/mol. The van der Waals surface area contributed by atoms with Crippen LogP contribution in [0.5, 0.6) is 5.75 Å². The van der Waals surface area contributed by atoms with Gasteiger partial charge in [-0.05, 0) is 43.7 Å². The Morgan fingerprint density at radius 1 is 1.24 bits per heavy atom. The van der Waals surface area contributed by atoms with Crippen LogP contribution in [0.1, 0.15) is 29.4 Å². The lowest BCUT2D eigenvalue weighted by Gasteiger charge is -2.13. The molecule has 1 aromatic carbocycles. The summed E-state index contributed by atoms with van der Waals surface area (Å²) in [5.41, 5.74) is 9.36. The van der Waals surface area contributed by atoms with E-state index in [1.54, 1.807) is 12.1 Å². The maximum atomic E-state index is 8.78. The van der Waals surface area contributed by atoms with Crippen molar-refractivity contribution in [3.63, 3.8) is 0 Å². The number of hydrogen-bond donors (Lipinski definition) is 1. The molecule has 0 bridgehead atoms. The Morgan fingerprint density at radius 3 is 2.57 bits per heavy atom. The van der Waals surface area contributed by atoms with Crippen LogP contribution in [0, 0.1) is 18.3 Å². The zero-order chi connectivity index (χ0) is 15.2. The second kappa shape index (κ2) is 6.87. The third kappa shape index (κ3) is 4.30. The van der Waals surface area contributed by atoms with Gasteiger partial charge in [0.1, 0.15) is 12.4 Å². The molecule has 0 radical (unpaired) electrons. The zero-order valence-electron chi connectivity index (χ0n) is 12.3. The number of aromatic nitrogens is 1. The molecule has 0 fully saturated rings. The number of aryl methyl sites for hydroxylation is 1. The van der Waals surface area contributed by atoms with Gasteiger partial charge in [-0.2, -0.15) is 5.26 Å². The molecule has 2 N–H and O–H groups in total. The van der Waals surface area contributed by atoms with E-state index in [0.29, 0.717) is 18.6 Å². The highest BCUT2D eigenvalue weighted by Gasteiger charge is 2.08. The van der Waals surface area contributed by atoms with Gasteiger partial charge in [0.15, 0.2) is 0 Å². The fourth-order valence-corrected chi connectivity index (χ4v) is 2.02. The number of rotatable bonds is 5. The molecule has 0 amide bonds. The molecule has 4 nitrogen and oxygen atoms in total. The summed E-state index contributed by atoms with van der Waals surface area (Å²) in [5.74, 6) is 0.766. The topological polar surface area (TPSA) is 71.9 Å². The Bertz CT molecular complexity index is 642. The lowest BCUT2D eigenvalue weighted by atomic mass is 10.1. The summed E-state index contributed by atoms with van der Waals surface area (Å²) in [4.78, 5) is 4.50. The molecule has 1 unspecified atom stereocenters. The van der Waals surface area contributed by atoms with Crippen LogP contribution in [-0.4, -0.2) is 11.0 Å². The van der Waals surface area contributed by atoms with Gasteiger partial charge in [0, 0.05) is 18.2 Å². The summed E-state index contributed by atoms with van der Waals surface area (Å²) < 4.78 is 5.85. The highest BCUT2D eigenvalue weighted by Crippen LogP contribution is 2.20. The molecule has 4 heteroatoms. The van der Waals surface area contributed by atoms with Crippen molar-refractivity contribution >= 4 is 0 Å². The molecule has 0 saturated heterocycles. The van der Waals surface area contributed by atoms with Gasteiger partial charge in [-0.3, -0.25) is 4.98 Å². The van der Waals surface area contributed by atoms with Crippen LogP contribution in [0.4, 0.5) is 0 Å². The maximum Gasteiger partial charge on any atom is 0.141 e. The van der Waals surface area contributed by atoms with Crippen molar-refractivity contribution in [3.05, 3.63) is 58.9 Å². The largest absolute Gasteiger partial charge is 0.487 e. The van der Waals surface area contributed by atoms with Gasteiger partial charge in [0.25, 0.3) is 0 Å². The first-order valence-corrected chi connectivity index (χ1v) is 6.92. The predicted octanol–water partition coefficient (Wildman–Crippen LogP) is 2.73. The van der Waals surface area contributed by atoms with Crippen molar-refractivity contribution in [2.75, 3.05) is 0 Å². The monoisotopic (exact) mass is 281 g/mol. The second-order valence-corrected chi connectivity index (χ2v) is 5.18. The van der Waals surface area contributed by atoms with Crippen LogP contribution in [-0.2, 0) is 13.0 Å². The fraction of sp³-hybridized carbons (Fsp3) is 0.294. The summed E-state index contributed by atoms with van der Waals surface area (Å²) >= 11 is 0.